The summed E-state index contributed by atoms with van der Waals surface area (Å²) >= 11 is 0. The fraction of sp³-hybridized carbons (Fsp3) is 0.417. The van der Waals surface area contributed by atoms with Crippen molar-refractivity contribution in [1.82, 2.24) is 15.2 Å². The second kappa shape index (κ2) is 9.65. The number of aryl methyl sites for hydroxylation is 1. The van der Waals surface area contributed by atoms with Gasteiger partial charge in [0.2, 0.25) is 0 Å². The lowest BCUT2D eigenvalue weighted by Gasteiger charge is -2.43. The molecule has 3 rings (SSSR count). The summed E-state index contributed by atoms with van der Waals surface area (Å²) in [5.74, 6) is 0.671. The Kier molecular flexibility index (Phi) is 6.99. The van der Waals surface area contributed by atoms with Crippen LogP contribution < -0.4 is 5.73 Å². The van der Waals surface area contributed by atoms with E-state index in [2.05, 4.69) is 65.7 Å². The Morgan fingerprint density at radius 3 is 2.86 bits per heavy atom. The van der Waals surface area contributed by atoms with E-state index < -0.39 is 0 Å². The quantitative estimate of drug-likeness (QED) is 0.661. The van der Waals surface area contributed by atoms with Crippen LogP contribution in [0, 0.1) is 12.8 Å². The molecular weight excluding hydrogens is 344 g/mol. The number of nitrogens with one attached hydrogen (secondary N) is 1. The molecule has 0 saturated heterocycles. The number of H-pyrrole nitrogens is 1. The molecule has 28 heavy (non-hydrogen) atoms. The molecule has 1 fully saturated rings. The van der Waals surface area contributed by atoms with Crippen molar-refractivity contribution in [2.24, 2.45) is 11.7 Å². The third-order valence-corrected chi connectivity index (χ3v) is 5.76. The van der Waals surface area contributed by atoms with E-state index in [1.807, 2.05) is 19.3 Å². The van der Waals surface area contributed by atoms with Crippen molar-refractivity contribution in [3.05, 3.63) is 77.9 Å². The van der Waals surface area contributed by atoms with Crippen LogP contribution in [0.15, 0.2) is 61.1 Å². The summed E-state index contributed by atoms with van der Waals surface area (Å²) in [6.07, 6.45) is 28.4. The van der Waals surface area contributed by atoms with Crippen molar-refractivity contribution in [2.75, 3.05) is 0 Å². The van der Waals surface area contributed by atoms with Gasteiger partial charge < -0.3 is 5.73 Å². The lowest BCUT2D eigenvalue weighted by Crippen LogP contribution is -2.52. The maximum Gasteiger partial charge on any atom is 0.0679 e. The molecule has 0 aliphatic heterocycles. The number of hydrogen-bond acceptors (Lipinski definition) is 3. The molecule has 1 aromatic rings. The van der Waals surface area contributed by atoms with E-state index in [9.17, 15) is 0 Å². The molecule has 3 N–H and O–H groups in total. The van der Waals surface area contributed by atoms with Gasteiger partial charge in [0.05, 0.1) is 11.9 Å². The lowest BCUT2D eigenvalue weighted by molar-refractivity contribution is 0.184. The summed E-state index contributed by atoms with van der Waals surface area (Å²) in [5.41, 5.74) is 9.69. The highest BCUT2D eigenvalue weighted by Gasteiger charge is 2.38. The van der Waals surface area contributed by atoms with Gasteiger partial charge in [0.1, 0.15) is 0 Å². The summed E-state index contributed by atoms with van der Waals surface area (Å²) in [4.78, 5) is 4.78. The number of hydrogen-bond donors (Lipinski definition) is 2. The maximum atomic E-state index is 6.60. The molecule has 2 atom stereocenters. The smallest absolute Gasteiger partial charge is 0.0679 e. The van der Waals surface area contributed by atoms with Crippen molar-refractivity contribution >= 4 is 6.08 Å². The zero-order valence-electron chi connectivity index (χ0n) is 17.0. The van der Waals surface area contributed by atoms with Gasteiger partial charge in [0.15, 0.2) is 0 Å². The molecule has 1 aromatic heterocycles. The lowest BCUT2D eigenvalue weighted by atomic mass is 9.67. The first-order valence-corrected chi connectivity index (χ1v) is 10.3. The van der Waals surface area contributed by atoms with Crippen LogP contribution in [-0.4, -0.2) is 20.7 Å². The van der Waals surface area contributed by atoms with Gasteiger partial charge in [0, 0.05) is 29.4 Å². The Balaban J connectivity index is 1.90. The summed E-state index contributed by atoms with van der Waals surface area (Å²) < 4.78 is 0. The molecule has 2 aliphatic rings. The van der Waals surface area contributed by atoms with E-state index in [0.717, 1.165) is 42.5 Å². The molecule has 0 spiro atoms. The molecule has 0 radical (unpaired) electrons. The van der Waals surface area contributed by atoms with E-state index in [1.54, 1.807) is 6.20 Å². The Morgan fingerprint density at radius 1 is 1.32 bits per heavy atom. The van der Waals surface area contributed by atoms with E-state index >= 15 is 0 Å². The Labute approximate surface area is 168 Å². The summed E-state index contributed by atoms with van der Waals surface area (Å²) in [5, 5.41) is 7.31. The third kappa shape index (κ3) is 5.08. The normalized spacial score (nSPS) is 21.6. The molecule has 1 heterocycles. The number of nitrogens with two attached hydrogens (primary N) is 1. The van der Waals surface area contributed by atoms with Crippen LogP contribution in [0.1, 0.15) is 61.8 Å². The SMILES string of the molecule is C/C=C\C(C/C=C/c1ncc(C)cn[nH]cc1C1C=CC=CC1)C1(N)CCC1. The summed E-state index contributed by atoms with van der Waals surface area (Å²) in [6.45, 7) is 4.07. The van der Waals surface area contributed by atoms with Crippen LogP contribution in [0.2, 0.25) is 0 Å². The molecule has 0 aromatic carbocycles. The number of allylic oxidation sites excluding steroid dienone is 6. The molecule has 2 aliphatic carbocycles. The van der Waals surface area contributed by atoms with Gasteiger partial charge in [0.25, 0.3) is 0 Å². The molecular formula is C24H32N4. The standard InChI is InChI=1S/C24H32N4/c1-3-9-21(24(25)14-8-15-24)12-7-13-23-22(20-10-5-4-6-11-20)18-28-27-17-19(2)16-26-23/h3-7,9-10,13,16-18,20-21,28H,8,11-12,14-15,25H2,1-2H3/b9-3-,13-7+,19-16?,22-18?,26-23?,27-17?. The average Bonchev–Trinajstić information content (AvgIpc) is 2.77. The van der Waals surface area contributed by atoms with Gasteiger partial charge in [-0.15, -0.1) is 0 Å². The highest BCUT2D eigenvalue weighted by atomic mass is 15.1. The third-order valence-electron chi connectivity index (χ3n) is 5.76. The minimum absolute atomic E-state index is 0.0431. The molecule has 0 bridgehead atoms. The zero-order chi connectivity index (χ0) is 19.8. The predicted molar refractivity (Wildman–Crippen MR) is 117 cm³/mol. The number of aromatic nitrogens is 3. The number of aromatic amines is 1. The predicted octanol–water partition coefficient (Wildman–Crippen LogP) is 5.31. The van der Waals surface area contributed by atoms with Crippen molar-refractivity contribution in [3.63, 3.8) is 0 Å². The van der Waals surface area contributed by atoms with Crippen LogP contribution in [-0.2, 0) is 0 Å². The van der Waals surface area contributed by atoms with E-state index in [4.69, 9.17) is 10.7 Å². The van der Waals surface area contributed by atoms with E-state index in [-0.39, 0.29) is 5.54 Å². The first-order valence-electron chi connectivity index (χ1n) is 10.3. The van der Waals surface area contributed by atoms with E-state index in [0.29, 0.717) is 11.8 Å². The number of nitrogens with zero attached hydrogens (tertiary/aromatic N) is 2. The van der Waals surface area contributed by atoms with Crippen LogP contribution in [0.4, 0.5) is 0 Å². The van der Waals surface area contributed by atoms with Crippen molar-refractivity contribution in [3.8, 4) is 0 Å². The first kappa shape index (κ1) is 20.3. The molecule has 1 saturated carbocycles. The molecule has 4 heteroatoms. The zero-order valence-corrected chi connectivity index (χ0v) is 17.0. The minimum Gasteiger partial charge on any atom is -0.325 e. The fourth-order valence-corrected chi connectivity index (χ4v) is 3.87. The molecule has 0 amide bonds. The van der Waals surface area contributed by atoms with Crippen LogP contribution in [0.25, 0.3) is 6.08 Å². The molecule has 2 unspecified atom stereocenters. The largest absolute Gasteiger partial charge is 0.325 e. The van der Waals surface area contributed by atoms with Crippen molar-refractivity contribution in [2.45, 2.75) is 57.4 Å². The fourth-order valence-electron chi connectivity index (χ4n) is 3.87. The van der Waals surface area contributed by atoms with Crippen molar-refractivity contribution < 1.29 is 0 Å². The molecule has 4 nitrogen and oxygen atoms in total. The maximum absolute atomic E-state index is 6.60. The Hall–Kier alpha value is -2.46. The van der Waals surface area contributed by atoms with E-state index in [1.165, 1.54) is 6.42 Å². The second-order valence-corrected chi connectivity index (χ2v) is 7.89. The van der Waals surface area contributed by atoms with Crippen molar-refractivity contribution in [1.29, 1.82) is 0 Å². The van der Waals surface area contributed by atoms with Gasteiger partial charge in [-0.3, -0.25) is 10.1 Å². The summed E-state index contributed by atoms with van der Waals surface area (Å²) in [7, 11) is 0. The average molecular weight is 377 g/mol. The van der Waals surface area contributed by atoms with Gasteiger partial charge in [-0.25, -0.2) is 0 Å². The van der Waals surface area contributed by atoms with Gasteiger partial charge in [-0.1, -0.05) is 42.5 Å². The van der Waals surface area contributed by atoms with Gasteiger partial charge >= 0.3 is 0 Å². The highest BCUT2D eigenvalue weighted by Crippen LogP contribution is 2.38. The number of rotatable bonds is 6. The van der Waals surface area contributed by atoms with Gasteiger partial charge in [-0.2, -0.15) is 5.10 Å². The van der Waals surface area contributed by atoms with Crippen LogP contribution in [0.5, 0.6) is 0 Å². The second-order valence-electron chi connectivity index (χ2n) is 7.89. The molecule has 148 valence electrons. The monoisotopic (exact) mass is 376 g/mol. The Bertz CT molecular complexity index is 823. The topological polar surface area (TPSA) is 67.6 Å². The van der Waals surface area contributed by atoms with Crippen LogP contribution in [0.3, 0.4) is 0 Å². The van der Waals surface area contributed by atoms with Gasteiger partial charge in [-0.05, 0) is 63.5 Å². The Morgan fingerprint density at radius 2 is 2.18 bits per heavy atom. The first-order chi connectivity index (χ1) is 13.6. The highest BCUT2D eigenvalue weighted by molar-refractivity contribution is 5.50. The minimum atomic E-state index is -0.0431. The summed E-state index contributed by atoms with van der Waals surface area (Å²) in [6, 6.07) is 0. The van der Waals surface area contributed by atoms with Crippen LogP contribution >= 0.6 is 0 Å².